The van der Waals surface area contributed by atoms with Crippen LogP contribution < -0.4 is 11.1 Å². The molecule has 1 atom stereocenters. The number of halogens is 2. The van der Waals surface area contributed by atoms with E-state index < -0.39 is 12.0 Å². The molecule has 1 aromatic heterocycles. The summed E-state index contributed by atoms with van der Waals surface area (Å²) in [5, 5.41) is 8.17. The van der Waals surface area contributed by atoms with Crippen molar-refractivity contribution in [1.82, 2.24) is 0 Å². The van der Waals surface area contributed by atoms with Gasteiger partial charge in [0.25, 0.3) is 11.8 Å². The van der Waals surface area contributed by atoms with E-state index in [2.05, 4.69) is 10.5 Å². The Balaban J connectivity index is 1.49. The van der Waals surface area contributed by atoms with Crippen LogP contribution in [0.5, 0.6) is 0 Å². The van der Waals surface area contributed by atoms with Crippen LogP contribution >= 0.6 is 34.5 Å². The standard InChI is InChI=1S/C19H17Cl2N3O3S/c20-11-6-5-9(7-12(11)21)13-8-14(27-24-13)18(26)23-19-16(17(22)25)10-3-1-2-4-15(10)28-19/h5-7,14H,1-4,8H2,(H2,22,25)(H,23,26)/t14-/m0/s1. The highest BCUT2D eigenvalue weighted by atomic mass is 35.5. The van der Waals surface area contributed by atoms with Gasteiger partial charge >= 0.3 is 0 Å². The quantitative estimate of drug-likeness (QED) is 0.751. The molecule has 9 heteroatoms. The second-order valence-electron chi connectivity index (χ2n) is 6.73. The van der Waals surface area contributed by atoms with Gasteiger partial charge < -0.3 is 15.9 Å². The number of benzene rings is 1. The molecule has 0 fully saturated rings. The molecule has 146 valence electrons. The number of nitrogens with two attached hydrogens (primary N) is 1. The highest BCUT2D eigenvalue weighted by molar-refractivity contribution is 7.17. The van der Waals surface area contributed by atoms with Gasteiger partial charge in [0, 0.05) is 16.9 Å². The number of fused-ring (bicyclic) bond motifs is 1. The van der Waals surface area contributed by atoms with Crippen LogP contribution in [0.4, 0.5) is 5.00 Å². The van der Waals surface area contributed by atoms with Crippen LogP contribution in [0, 0.1) is 0 Å². The van der Waals surface area contributed by atoms with Crippen LogP contribution in [0.1, 0.15) is 45.6 Å². The third-order valence-electron chi connectivity index (χ3n) is 4.87. The van der Waals surface area contributed by atoms with Gasteiger partial charge in [-0.15, -0.1) is 11.3 Å². The number of thiophene rings is 1. The minimum atomic E-state index is -0.788. The maximum atomic E-state index is 12.7. The van der Waals surface area contributed by atoms with E-state index in [-0.39, 0.29) is 5.91 Å². The molecule has 0 saturated carbocycles. The summed E-state index contributed by atoms with van der Waals surface area (Å²) in [5.41, 5.74) is 8.33. The summed E-state index contributed by atoms with van der Waals surface area (Å²) in [6, 6.07) is 5.13. The largest absolute Gasteiger partial charge is 0.382 e. The summed E-state index contributed by atoms with van der Waals surface area (Å²) in [7, 11) is 0. The lowest BCUT2D eigenvalue weighted by molar-refractivity contribution is -0.125. The molecule has 0 bridgehead atoms. The molecule has 2 aliphatic rings. The Morgan fingerprint density at radius 3 is 2.75 bits per heavy atom. The first-order valence-corrected chi connectivity index (χ1v) is 10.4. The summed E-state index contributed by atoms with van der Waals surface area (Å²) in [4.78, 5) is 31.1. The van der Waals surface area contributed by atoms with Crippen LogP contribution in [-0.2, 0) is 22.5 Å². The summed E-state index contributed by atoms with van der Waals surface area (Å²) < 4.78 is 0. The fraction of sp³-hybridized carbons (Fsp3) is 0.316. The Labute approximate surface area is 175 Å². The van der Waals surface area contributed by atoms with Gasteiger partial charge in [-0.25, -0.2) is 0 Å². The van der Waals surface area contributed by atoms with Gasteiger partial charge in [0.1, 0.15) is 5.00 Å². The van der Waals surface area contributed by atoms with Gasteiger partial charge in [0.15, 0.2) is 0 Å². The predicted octanol–water partition coefficient (Wildman–Crippen LogP) is 4.16. The van der Waals surface area contributed by atoms with Gasteiger partial charge in [0.05, 0.1) is 21.3 Å². The number of nitrogens with one attached hydrogen (secondary N) is 1. The molecule has 0 spiro atoms. The van der Waals surface area contributed by atoms with Gasteiger partial charge in [-0.2, -0.15) is 0 Å². The number of aryl methyl sites for hydroxylation is 1. The Kier molecular flexibility index (Phi) is 5.31. The molecule has 4 rings (SSSR count). The molecular formula is C19H17Cl2N3O3S. The zero-order valence-electron chi connectivity index (χ0n) is 14.8. The third-order valence-corrected chi connectivity index (χ3v) is 6.81. The fourth-order valence-electron chi connectivity index (χ4n) is 3.47. The summed E-state index contributed by atoms with van der Waals surface area (Å²) in [6.45, 7) is 0. The van der Waals surface area contributed by atoms with Crippen molar-refractivity contribution in [2.24, 2.45) is 10.9 Å². The minimum absolute atomic E-state index is 0.292. The molecule has 2 aromatic rings. The molecule has 0 unspecified atom stereocenters. The van der Waals surface area contributed by atoms with Crippen molar-refractivity contribution in [2.45, 2.75) is 38.2 Å². The van der Waals surface area contributed by atoms with Crippen molar-refractivity contribution in [1.29, 1.82) is 0 Å². The van der Waals surface area contributed by atoms with Crippen LogP contribution in [0.15, 0.2) is 23.4 Å². The number of hydrogen-bond acceptors (Lipinski definition) is 5. The second-order valence-corrected chi connectivity index (χ2v) is 8.65. The van der Waals surface area contributed by atoms with Crippen molar-refractivity contribution in [3.8, 4) is 0 Å². The number of carbonyl (C=O) groups is 2. The number of anilines is 1. The van der Waals surface area contributed by atoms with Crippen LogP contribution in [-0.4, -0.2) is 23.6 Å². The molecule has 1 aromatic carbocycles. The van der Waals surface area contributed by atoms with Crippen molar-refractivity contribution in [3.63, 3.8) is 0 Å². The molecular weight excluding hydrogens is 421 g/mol. The first kappa shape index (κ1) is 19.2. The van der Waals surface area contributed by atoms with Gasteiger partial charge in [-0.3, -0.25) is 9.59 Å². The third kappa shape index (κ3) is 3.62. The first-order chi connectivity index (χ1) is 13.4. The average Bonchev–Trinajstić information content (AvgIpc) is 3.28. The zero-order chi connectivity index (χ0) is 19.8. The van der Waals surface area contributed by atoms with Crippen molar-refractivity contribution in [2.75, 3.05) is 5.32 Å². The van der Waals surface area contributed by atoms with Gasteiger partial charge in [-0.05, 0) is 43.4 Å². The maximum Gasteiger partial charge on any atom is 0.269 e. The molecule has 3 N–H and O–H groups in total. The van der Waals surface area contributed by atoms with E-state index in [0.29, 0.717) is 32.7 Å². The predicted molar refractivity (Wildman–Crippen MR) is 111 cm³/mol. The monoisotopic (exact) mass is 437 g/mol. The van der Waals surface area contributed by atoms with Gasteiger partial charge in [0.2, 0.25) is 6.10 Å². The Morgan fingerprint density at radius 2 is 2.00 bits per heavy atom. The van der Waals surface area contributed by atoms with Gasteiger partial charge in [-0.1, -0.05) is 34.4 Å². The van der Waals surface area contributed by atoms with E-state index in [1.54, 1.807) is 18.2 Å². The Morgan fingerprint density at radius 1 is 1.21 bits per heavy atom. The van der Waals surface area contributed by atoms with Crippen molar-refractivity contribution >= 4 is 57.1 Å². The lowest BCUT2D eigenvalue weighted by atomic mass is 9.95. The molecule has 6 nitrogen and oxygen atoms in total. The number of hydrogen-bond donors (Lipinski definition) is 2. The van der Waals surface area contributed by atoms with Crippen LogP contribution in [0.2, 0.25) is 10.0 Å². The lowest BCUT2D eigenvalue weighted by Gasteiger charge is -2.11. The number of carbonyl (C=O) groups excluding carboxylic acids is 2. The molecule has 0 saturated heterocycles. The van der Waals surface area contributed by atoms with E-state index >= 15 is 0 Å². The molecule has 0 radical (unpaired) electrons. The SMILES string of the molecule is NC(=O)c1c(NC(=O)[C@@H]2CC(c3ccc(Cl)c(Cl)c3)=NO2)sc2c1CCCC2. The fourth-order valence-corrected chi connectivity index (χ4v) is 5.07. The highest BCUT2D eigenvalue weighted by Gasteiger charge is 2.32. The van der Waals surface area contributed by atoms with Crippen molar-refractivity contribution < 1.29 is 14.4 Å². The normalized spacial score (nSPS) is 18.2. The lowest BCUT2D eigenvalue weighted by Crippen LogP contribution is -2.28. The van der Waals surface area contributed by atoms with E-state index in [0.717, 1.165) is 41.7 Å². The number of amides is 2. The summed E-state index contributed by atoms with van der Waals surface area (Å²) in [6.07, 6.45) is 3.31. The average molecular weight is 438 g/mol. The molecule has 2 heterocycles. The van der Waals surface area contributed by atoms with Crippen molar-refractivity contribution in [3.05, 3.63) is 49.8 Å². The summed E-state index contributed by atoms with van der Waals surface area (Å²) >= 11 is 13.4. The molecule has 1 aliphatic heterocycles. The number of primary amides is 1. The Bertz CT molecular complexity index is 1000. The van der Waals surface area contributed by atoms with E-state index in [4.69, 9.17) is 33.8 Å². The molecule has 1 aliphatic carbocycles. The molecule has 2 amide bonds. The zero-order valence-corrected chi connectivity index (χ0v) is 17.1. The topological polar surface area (TPSA) is 93.8 Å². The van der Waals surface area contributed by atoms with Crippen LogP contribution in [0.25, 0.3) is 0 Å². The van der Waals surface area contributed by atoms with Crippen LogP contribution in [0.3, 0.4) is 0 Å². The second kappa shape index (κ2) is 7.73. The van der Waals surface area contributed by atoms with E-state index in [1.165, 1.54) is 11.3 Å². The molecule has 28 heavy (non-hydrogen) atoms. The number of oxime groups is 1. The highest BCUT2D eigenvalue weighted by Crippen LogP contribution is 2.38. The number of nitrogens with zero attached hydrogens (tertiary/aromatic N) is 1. The number of rotatable bonds is 4. The Hall–Kier alpha value is -2.09. The smallest absolute Gasteiger partial charge is 0.269 e. The first-order valence-electron chi connectivity index (χ1n) is 8.87. The summed E-state index contributed by atoms with van der Waals surface area (Å²) in [5.74, 6) is -0.880. The van der Waals surface area contributed by atoms with E-state index in [1.807, 2.05) is 0 Å². The maximum absolute atomic E-state index is 12.7. The minimum Gasteiger partial charge on any atom is -0.382 e. The van der Waals surface area contributed by atoms with E-state index in [9.17, 15) is 9.59 Å².